The van der Waals surface area contributed by atoms with Crippen molar-refractivity contribution in [1.82, 2.24) is 14.5 Å². The lowest BCUT2D eigenvalue weighted by molar-refractivity contribution is -0.129. The number of hydrogen-bond acceptors (Lipinski definition) is 2. The van der Waals surface area contributed by atoms with Gasteiger partial charge in [-0.3, -0.25) is 4.79 Å². The minimum absolute atomic E-state index is 0.181. The van der Waals surface area contributed by atoms with Gasteiger partial charge in [-0.1, -0.05) is 48.7 Å². The summed E-state index contributed by atoms with van der Waals surface area (Å²) in [5.41, 5.74) is 6.09. The number of benzene rings is 2. The highest BCUT2D eigenvalue weighted by Crippen LogP contribution is 2.35. The lowest BCUT2D eigenvalue weighted by Gasteiger charge is -2.24. The van der Waals surface area contributed by atoms with Crippen LogP contribution in [-0.4, -0.2) is 32.9 Å². The van der Waals surface area contributed by atoms with E-state index in [9.17, 15) is 4.79 Å². The average molecular weight is 388 g/mol. The Morgan fingerprint density at radius 1 is 1.07 bits per heavy atom. The Balaban J connectivity index is 1.53. The van der Waals surface area contributed by atoms with E-state index in [1.807, 2.05) is 6.07 Å². The van der Waals surface area contributed by atoms with Crippen LogP contribution in [0.3, 0.4) is 0 Å². The van der Waals surface area contributed by atoms with Crippen LogP contribution in [0, 0.1) is 13.8 Å². The van der Waals surface area contributed by atoms with Crippen molar-refractivity contribution >= 4 is 16.9 Å². The van der Waals surface area contributed by atoms with Crippen LogP contribution in [0.15, 0.2) is 42.5 Å². The minimum atomic E-state index is 0.181. The second-order valence-electron chi connectivity index (χ2n) is 8.86. The van der Waals surface area contributed by atoms with Gasteiger partial charge in [0.2, 0.25) is 5.91 Å². The van der Waals surface area contributed by atoms with E-state index in [0.29, 0.717) is 18.4 Å². The third-order valence-electron chi connectivity index (χ3n) is 6.81. The highest BCUT2D eigenvalue weighted by molar-refractivity contribution is 5.81. The monoisotopic (exact) mass is 387 g/mol. The van der Waals surface area contributed by atoms with Crippen molar-refractivity contribution in [2.24, 2.45) is 0 Å². The van der Waals surface area contributed by atoms with Crippen LogP contribution < -0.4 is 0 Å². The zero-order chi connectivity index (χ0) is 20.0. The molecule has 1 saturated carbocycles. The Kier molecular flexibility index (Phi) is 4.65. The van der Waals surface area contributed by atoms with E-state index in [1.165, 1.54) is 29.5 Å². The van der Waals surface area contributed by atoms with Crippen molar-refractivity contribution in [1.29, 1.82) is 0 Å². The number of carbonyl (C=O) groups is 1. The summed E-state index contributed by atoms with van der Waals surface area (Å²) in [7, 11) is 0. The predicted molar refractivity (Wildman–Crippen MR) is 116 cm³/mol. The topological polar surface area (TPSA) is 38.1 Å². The summed E-state index contributed by atoms with van der Waals surface area (Å²) in [6.07, 6.45) is 5.43. The van der Waals surface area contributed by atoms with E-state index in [0.717, 1.165) is 42.8 Å². The fraction of sp³-hybridized carbons (Fsp3) is 0.440. The Labute approximate surface area is 172 Å². The molecule has 5 rings (SSSR count). The second kappa shape index (κ2) is 7.33. The number of fused-ring (bicyclic) bond motifs is 1. The van der Waals surface area contributed by atoms with Crippen molar-refractivity contribution in [3.05, 3.63) is 65.0 Å². The summed E-state index contributed by atoms with van der Waals surface area (Å²) in [4.78, 5) is 20.0. The molecule has 1 aliphatic heterocycles. The molecular weight excluding hydrogens is 358 g/mol. The first-order valence-corrected chi connectivity index (χ1v) is 10.9. The summed E-state index contributed by atoms with van der Waals surface area (Å²) < 4.78 is 2.35. The number of nitrogens with zero attached hydrogens (tertiary/aromatic N) is 3. The number of aryl methyl sites for hydroxylation is 2. The van der Waals surface area contributed by atoms with Gasteiger partial charge < -0.3 is 9.47 Å². The Morgan fingerprint density at radius 2 is 1.86 bits per heavy atom. The molecule has 2 aromatic carbocycles. The molecule has 0 radical (unpaired) electrons. The average Bonchev–Trinajstić information content (AvgIpc) is 3.43. The van der Waals surface area contributed by atoms with E-state index < -0.39 is 0 Å². The molecule has 0 bridgehead atoms. The highest BCUT2D eigenvalue weighted by Gasteiger charge is 2.38. The molecule has 1 aromatic heterocycles. The number of carbonyl (C=O) groups excluding carboxylic acids is 1. The van der Waals surface area contributed by atoms with Crippen LogP contribution in [0.2, 0.25) is 0 Å². The lowest BCUT2D eigenvalue weighted by Crippen LogP contribution is -2.34. The van der Waals surface area contributed by atoms with Gasteiger partial charge in [0.25, 0.3) is 0 Å². The van der Waals surface area contributed by atoms with Gasteiger partial charge >= 0.3 is 0 Å². The molecule has 0 spiro atoms. The van der Waals surface area contributed by atoms with Crippen LogP contribution in [0.1, 0.15) is 60.5 Å². The van der Waals surface area contributed by atoms with Crippen molar-refractivity contribution in [3.8, 4) is 0 Å². The maximum atomic E-state index is 12.8. The maximum absolute atomic E-state index is 12.8. The van der Waals surface area contributed by atoms with E-state index in [1.54, 1.807) is 0 Å². The normalized spacial score (nSPS) is 20.3. The van der Waals surface area contributed by atoms with E-state index in [4.69, 9.17) is 4.98 Å². The molecule has 29 heavy (non-hydrogen) atoms. The Morgan fingerprint density at radius 3 is 2.69 bits per heavy atom. The lowest BCUT2D eigenvalue weighted by atomic mass is 10.0. The summed E-state index contributed by atoms with van der Waals surface area (Å²) in [5, 5.41) is 0. The number of likely N-dealkylation sites (tertiary alicyclic amines) is 1. The minimum Gasteiger partial charge on any atom is -0.339 e. The number of rotatable bonds is 4. The molecule has 4 nitrogen and oxygen atoms in total. The molecule has 2 aliphatic rings. The van der Waals surface area contributed by atoms with Crippen LogP contribution in [0.4, 0.5) is 0 Å². The zero-order valence-corrected chi connectivity index (χ0v) is 17.4. The van der Waals surface area contributed by atoms with Gasteiger partial charge in [0.05, 0.1) is 11.0 Å². The van der Waals surface area contributed by atoms with Crippen molar-refractivity contribution < 1.29 is 4.79 Å². The zero-order valence-electron chi connectivity index (χ0n) is 17.4. The van der Waals surface area contributed by atoms with E-state index >= 15 is 0 Å². The van der Waals surface area contributed by atoms with Gasteiger partial charge in [-0.15, -0.1) is 0 Å². The summed E-state index contributed by atoms with van der Waals surface area (Å²) in [6, 6.07) is 15.5. The van der Waals surface area contributed by atoms with Crippen molar-refractivity contribution in [2.45, 2.75) is 64.5 Å². The molecule has 0 N–H and O–H groups in total. The van der Waals surface area contributed by atoms with Gasteiger partial charge in [0.15, 0.2) is 0 Å². The standard InChI is InChI=1S/C25H29N3O/c1-17-11-12-18(2)19(13-17)15-28-23-10-6-5-9-22(23)26-25(28)20-14-24(29)27(16-20)21-7-3-4-8-21/h5-6,9-13,20-21H,3-4,7-8,14-16H2,1-2H3. The van der Waals surface area contributed by atoms with Gasteiger partial charge in [-0.2, -0.15) is 0 Å². The third kappa shape index (κ3) is 3.35. The molecule has 2 heterocycles. The van der Waals surface area contributed by atoms with E-state index in [2.05, 4.69) is 59.7 Å². The fourth-order valence-electron chi connectivity index (χ4n) is 5.19. The molecule has 1 aliphatic carbocycles. The van der Waals surface area contributed by atoms with Crippen LogP contribution in [0.5, 0.6) is 0 Å². The highest BCUT2D eigenvalue weighted by atomic mass is 16.2. The molecule has 4 heteroatoms. The first kappa shape index (κ1) is 18.4. The third-order valence-corrected chi connectivity index (χ3v) is 6.81. The van der Waals surface area contributed by atoms with Gasteiger partial charge in [-0.05, 0) is 49.9 Å². The van der Waals surface area contributed by atoms with Crippen LogP contribution in [0.25, 0.3) is 11.0 Å². The number of amides is 1. The SMILES string of the molecule is Cc1ccc(C)c(Cn2c(C3CC(=O)N(C4CCCC4)C3)nc3ccccc32)c1. The van der Waals surface area contributed by atoms with E-state index in [-0.39, 0.29) is 5.92 Å². The number of hydrogen-bond donors (Lipinski definition) is 0. The van der Waals surface area contributed by atoms with Crippen molar-refractivity contribution in [3.63, 3.8) is 0 Å². The van der Waals surface area contributed by atoms with Crippen LogP contribution in [-0.2, 0) is 11.3 Å². The first-order chi connectivity index (χ1) is 14.1. The molecule has 150 valence electrons. The van der Waals surface area contributed by atoms with Gasteiger partial charge in [-0.25, -0.2) is 4.98 Å². The smallest absolute Gasteiger partial charge is 0.223 e. The summed E-state index contributed by atoms with van der Waals surface area (Å²) >= 11 is 0. The van der Waals surface area contributed by atoms with Gasteiger partial charge in [0, 0.05) is 31.5 Å². The number of imidazole rings is 1. The second-order valence-corrected chi connectivity index (χ2v) is 8.86. The molecule has 1 unspecified atom stereocenters. The quantitative estimate of drug-likeness (QED) is 0.635. The molecule has 1 saturated heterocycles. The Bertz CT molecular complexity index is 1060. The largest absolute Gasteiger partial charge is 0.339 e. The van der Waals surface area contributed by atoms with Gasteiger partial charge in [0.1, 0.15) is 5.82 Å². The first-order valence-electron chi connectivity index (χ1n) is 10.9. The molecule has 2 fully saturated rings. The molecule has 1 amide bonds. The molecule has 1 atom stereocenters. The summed E-state index contributed by atoms with van der Waals surface area (Å²) in [6.45, 7) is 5.94. The molecule has 3 aromatic rings. The fourth-order valence-corrected chi connectivity index (χ4v) is 5.19. The van der Waals surface area contributed by atoms with Crippen molar-refractivity contribution in [2.75, 3.05) is 6.54 Å². The number of para-hydroxylation sites is 2. The summed E-state index contributed by atoms with van der Waals surface area (Å²) in [5.74, 6) is 1.56. The molecular formula is C25H29N3O. The Hall–Kier alpha value is -2.62. The number of aromatic nitrogens is 2. The predicted octanol–water partition coefficient (Wildman–Crippen LogP) is 4.96. The maximum Gasteiger partial charge on any atom is 0.223 e. The van der Waals surface area contributed by atoms with Crippen LogP contribution >= 0.6 is 0 Å².